The number of para-hydroxylation sites is 1. The Kier molecular flexibility index (Phi) is 6.48. The van der Waals surface area contributed by atoms with E-state index >= 15 is 0 Å². The molecule has 1 aliphatic rings. The minimum Gasteiger partial charge on any atom is -0.449 e. The Balaban J connectivity index is 1.66. The number of benzene rings is 1. The van der Waals surface area contributed by atoms with Crippen molar-refractivity contribution in [3.63, 3.8) is 0 Å². The summed E-state index contributed by atoms with van der Waals surface area (Å²) in [7, 11) is 0. The largest absolute Gasteiger partial charge is 0.449 e. The molecule has 32 heavy (non-hydrogen) atoms. The van der Waals surface area contributed by atoms with E-state index in [0.717, 1.165) is 40.1 Å². The molecule has 1 atom stereocenters. The summed E-state index contributed by atoms with van der Waals surface area (Å²) in [6.45, 7) is 9.43. The second kappa shape index (κ2) is 9.30. The van der Waals surface area contributed by atoms with E-state index in [1.807, 2.05) is 38.1 Å². The van der Waals surface area contributed by atoms with Gasteiger partial charge in [-0.2, -0.15) is 0 Å². The fourth-order valence-corrected chi connectivity index (χ4v) is 4.52. The maximum Gasteiger partial charge on any atom is 0.340 e. The van der Waals surface area contributed by atoms with Crippen LogP contribution in [0.5, 0.6) is 0 Å². The average molecular weight is 454 g/mol. The number of pyridine rings is 1. The highest BCUT2D eigenvalue weighted by Gasteiger charge is 2.30. The lowest BCUT2D eigenvalue weighted by molar-refractivity contribution is -0.124. The van der Waals surface area contributed by atoms with Gasteiger partial charge in [-0.25, -0.2) is 4.79 Å². The van der Waals surface area contributed by atoms with Crippen LogP contribution in [0, 0.1) is 6.92 Å². The lowest BCUT2D eigenvalue weighted by Gasteiger charge is -2.32. The fraction of sp³-hybridized carbons (Fsp3) is 0.435. The molecule has 0 bridgehead atoms. The number of esters is 1. The molecule has 2 aromatic heterocycles. The van der Waals surface area contributed by atoms with E-state index in [2.05, 4.69) is 34.3 Å². The summed E-state index contributed by atoms with van der Waals surface area (Å²) in [6, 6.07) is 7.94. The standard InChI is InChI=1S/C23H27N5O3S/c1-5-19(21(29)25-23-27-26-14(4)32-23)31-22(30)20-15-8-6-7-9-17(15)24-18-10-11-28(13(2)3)12-16(18)20/h6-9,13,19H,5,10-12H2,1-4H3,(H,25,27,29). The molecular weight excluding hydrogens is 426 g/mol. The van der Waals surface area contributed by atoms with Crippen molar-refractivity contribution >= 4 is 39.2 Å². The summed E-state index contributed by atoms with van der Waals surface area (Å²) in [5.74, 6) is -0.908. The van der Waals surface area contributed by atoms with Gasteiger partial charge >= 0.3 is 5.97 Å². The normalized spacial score (nSPS) is 14.9. The Hall–Kier alpha value is -2.91. The molecule has 0 spiro atoms. The van der Waals surface area contributed by atoms with E-state index in [-0.39, 0.29) is 0 Å². The number of carbonyl (C=O) groups is 2. The molecule has 1 aliphatic heterocycles. The van der Waals surface area contributed by atoms with Crippen LogP contribution in [0.1, 0.15) is 53.8 Å². The summed E-state index contributed by atoms with van der Waals surface area (Å²) >= 11 is 1.27. The third kappa shape index (κ3) is 4.49. The van der Waals surface area contributed by atoms with E-state index in [0.29, 0.717) is 29.7 Å². The minimum atomic E-state index is -0.931. The zero-order valence-corrected chi connectivity index (χ0v) is 19.5. The number of anilines is 1. The first-order valence-corrected chi connectivity index (χ1v) is 11.7. The van der Waals surface area contributed by atoms with Gasteiger partial charge in [0.2, 0.25) is 5.13 Å². The van der Waals surface area contributed by atoms with Crippen molar-refractivity contribution in [3.05, 3.63) is 46.1 Å². The van der Waals surface area contributed by atoms with Crippen LogP contribution in [0.4, 0.5) is 5.13 Å². The van der Waals surface area contributed by atoms with Gasteiger partial charge < -0.3 is 4.74 Å². The van der Waals surface area contributed by atoms with Crippen LogP contribution in [-0.4, -0.2) is 50.6 Å². The number of nitrogens with one attached hydrogen (secondary N) is 1. The van der Waals surface area contributed by atoms with Gasteiger partial charge in [-0.1, -0.05) is 36.5 Å². The number of ether oxygens (including phenoxy) is 1. The van der Waals surface area contributed by atoms with Gasteiger partial charge in [-0.05, 0) is 33.3 Å². The first-order chi connectivity index (χ1) is 15.4. The van der Waals surface area contributed by atoms with Crippen molar-refractivity contribution in [2.75, 3.05) is 11.9 Å². The van der Waals surface area contributed by atoms with Crippen molar-refractivity contribution in [1.82, 2.24) is 20.1 Å². The lowest BCUT2D eigenvalue weighted by Crippen LogP contribution is -2.38. The van der Waals surface area contributed by atoms with Gasteiger partial charge in [-0.3, -0.25) is 20.0 Å². The molecule has 1 unspecified atom stereocenters. The molecule has 9 heteroatoms. The van der Waals surface area contributed by atoms with Gasteiger partial charge in [0, 0.05) is 42.2 Å². The number of rotatable bonds is 6. The quantitative estimate of drug-likeness (QED) is 0.568. The zero-order chi connectivity index (χ0) is 22.8. The van der Waals surface area contributed by atoms with Crippen LogP contribution in [0.2, 0.25) is 0 Å². The van der Waals surface area contributed by atoms with Crippen molar-refractivity contribution in [2.24, 2.45) is 0 Å². The van der Waals surface area contributed by atoms with Crippen LogP contribution in [0.15, 0.2) is 24.3 Å². The summed E-state index contributed by atoms with van der Waals surface area (Å²) in [6.07, 6.45) is 0.185. The second-order valence-corrected chi connectivity index (χ2v) is 9.34. The highest BCUT2D eigenvalue weighted by Crippen LogP contribution is 2.30. The highest BCUT2D eigenvalue weighted by atomic mass is 32.1. The molecule has 0 saturated heterocycles. The van der Waals surface area contributed by atoms with E-state index in [4.69, 9.17) is 9.72 Å². The third-order valence-electron chi connectivity index (χ3n) is 5.68. The number of aryl methyl sites for hydroxylation is 1. The SMILES string of the molecule is CCC(OC(=O)c1c2c(nc3ccccc13)CCN(C(C)C)C2)C(=O)Nc1nnc(C)s1. The number of hydrogen-bond acceptors (Lipinski definition) is 8. The number of aromatic nitrogens is 3. The van der Waals surface area contributed by atoms with Crippen LogP contribution >= 0.6 is 11.3 Å². The Morgan fingerprint density at radius 2 is 2.03 bits per heavy atom. The zero-order valence-electron chi connectivity index (χ0n) is 18.7. The molecule has 1 amide bonds. The van der Waals surface area contributed by atoms with Crippen LogP contribution < -0.4 is 5.32 Å². The minimum absolute atomic E-state index is 0.346. The molecular formula is C23H27N5O3S. The maximum atomic E-state index is 13.5. The second-order valence-electron chi connectivity index (χ2n) is 8.16. The molecule has 0 saturated carbocycles. The molecule has 3 aromatic rings. The Morgan fingerprint density at radius 3 is 2.72 bits per heavy atom. The Labute approximate surface area is 191 Å². The van der Waals surface area contributed by atoms with Gasteiger partial charge in [0.15, 0.2) is 6.10 Å². The van der Waals surface area contributed by atoms with Crippen molar-refractivity contribution in [3.8, 4) is 0 Å². The number of hydrogen-bond donors (Lipinski definition) is 1. The number of amides is 1. The smallest absolute Gasteiger partial charge is 0.340 e. The van der Waals surface area contributed by atoms with Gasteiger partial charge in [0.05, 0.1) is 11.1 Å². The van der Waals surface area contributed by atoms with Crippen LogP contribution in [0.3, 0.4) is 0 Å². The number of fused-ring (bicyclic) bond motifs is 2. The molecule has 1 N–H and O–H groups in total. The molecule has 1 aromatic carbocycles. The number of nitrogens with zero attached hydrogens (tertiary/aromatic N) is 4. The first kappa shape index (κ1) is 22.3. The molecule has 0 aliphatic carbocycles. The van der Waals surface area contributed by atoms with Gasteiger partial charge in [-0.15, -0.1) is 10.2 Å². The van der Waals surface area contributed by atoms with Gasteiger partial charge in [0.25, 0.3) is 5.91 Å². The monoisotopic (exact) mass is 453 g/mol. The molecule has 168 valence electrons. The van der Waals surface area contributed by atoms with Crippen molar-refractivity contribution in [1.29, 1.82) is 0 Å². The average Bonchev–Trinajstić information content (AvgIpc) is 3.19. The molecule has 4 rings (SSSR count). The topological polar surface area (TPSA) is 97.3 Å². The van der Waals surface area contributed by atoms with Gasteiger partial charge in [0.1, 0.15) is 5.01 Å². The van der Waals surface area contributed by atoms with Crippen molar-refractivity contribution in [2.45, 2.75) is 59.2 Å². The molecule has 8 nitrogen and oxygen atoms in total. The summed E-state index contributed by atoms with van der Waals surface area (Å²) in [5, 5.41) is 12.4. The molecule has 0 fully saturated rings. The summed E-state index contributed by atoms with van der Waals surface area (Å²) in [5.41, 5.74) is 3.09. The maximum absolute atomic E-state index is 13.5. The van der Waals surface area contributed by atoms with Crippen LogP contribution in [0.25, 0.3) is 10.9 Å². The Bertz CT molecular complexity index is 1160. The van der Waals surface area contributed by atoms with E-state index in [1.54, 1.807) is 0 Å². The summed E-state index contributed by atoms with van der Waals surface area (Å²) < 4.78 is 5.76. The van der Waals surface area contributed by atoms with E-state index in [9.17, 15) is 9.59 Å². The molecule has 0 radical (unpaired) electrons. The number of carbonyl (C=O) groups excluding carboxylic acids is 2. The predicted molar refractivity (Wildman–Crippen MR) is 124 cm³/mol. The van der Waals surface area contributed by atoms with Crippen LogP contribution in [-0.2, 0) is 22.5 Å². The summed E-state index contributed by atoms with van der Waals surface area (Å²) in [4.78, 5) is 33.3. The Morgan fingerprint density at radius 1 is 1.25 bits per heavy atom. The lowest BCUT2D eigenvalue weighted by atomic mass is 9.95. The third-order valence-corrected chi connectivity index (χ3v) is 6.43. The van der Waals surface area contributed by atoms with Crippen molar-refractivity contribution < 1.29 is 14.3 Å². The highest BCUT2D eigenvalue weighted by molar-refractivity contribution is 7.15. The first-order valence-electron chi connectivity index (χ1n) is 10.8. The van der Waals surface area contributed by atoms with E-state index < -0.39 is 18.0 Å². The predicted octanol–water partition coefficient (Wildman–Crippen LogP) is 3.74. The van der Waals surface area contributed by atoms with E-state index in [1.165, 1.54) is 11.3 Å². The fourth-order valence-electron chi connectivity index (χ4n) is 3.93. The molecule has 3 heterocycles.